The summed E-state index contributed by atoms with van der Waals surface area (Å²) in [7, 11) is -3.72. The zero-order valence-electron chi connectivity index (χ0n) is 26.5. The highest BCUT2D eigenvalue weighted by atomic mass is 31.2. The van der Waals surface area contributed by atoms with Crippen molar-refractivity contribution in [2.75, 3.05) is 0 Å². The molecule has 0 radical (unpaired) electrons. The molecule has 0 aliphatic heterocycles. The van der Waals surface area contributed by atoms with Crippen molar-refractivity contribution < 1.29 is 17.7 Å². The van der Waals surface area contributed by atoms with Crippen LogP contribution in [0, 0.1) is 0 Å². The summed E-state index contributed by atoms with van der Waals surface area (Å²) < 4.78 is 61.5. The van der Waals surface area contributed by atoms with Crippen LogP contribution in [0.5, 0.6) is 0 Å². The fourth-order valence-corrected chi connectivity index (χ4v) is 9.99. The summed E-state index contributed by atoms with van der Waals surface area (Å²) >= 11 is 0. The van der Waals surface area contributed by atoms with E-state index in [4.69, 9.17) is 0 Å². The van der Waals surface area contributed by atoms with Gasteiger partial charge in [0.15, 0.2) is 7.14 Å². The van der Waals surface area contributed by atoms with Crippen molar-refractivity contribution >= 4 is 66.7 Å². The third kappa shape index (κ3) is 4.63. The molecule has 50 heavy (non-hydrogen) atoms. The maximum Gasteiger partial charge on any atom is 0.416 e. The number of benzene rings is 7. The molecule has 0 unspecified atom stereocenters. The van der Waals surface area contributed by atoms with Crippen molar-refractivity contribution in [2.24, 2.45) is 0 Å². The minimum atomic E-state index is -4.52. The van der Waals surface area contributed by atoms with Crippen LogP contribution in [0.1, 0.15) is 5.56 Å². The van der Waals surface area contributed by atoms with E-state index < -0.39 is 18.9 Å². The van der Waals surface area contributed by atoms with E-state index in [1.807, 2.05) is 121 Å². The number of nitrogens with zero attached hydrogens (tertiary/aromatic N) is 2. The van der Waals surface area contributed by atoms with Crippen LogP contribution in [0.2, 0.25) is 0 Å². The molecule has 9 rings (SSSR count). The first-order valence-corrected chi connectivity index (χ1v) is 18.0. The Bertz CT molecular complexity index is 2600. The Balaban J connectivity index is 1.32. The van der Waals surface area contributed by atoms with Gasteiger partial charge >= 0.3 is 6.18 Å². The molecule has 0 fully saturated rings. The van der Waals surface area contributed by atoms with Crippen LogP contribution < -0.4 is 15.9 Å². The summed E-state index contributed by atoms with van der Waals surface area (Å²) in [6.45, 7) is 0. The van der Waals surface area contributed by atoms with Crippen LogP contribution in [0.25, 0.3) is 55.0 Å². The molecule has 0 spiro atoms. The van der Waals surface area contributed by atoms with Gasteiger partial charge < -0.3 is 13.7 Å². The molecule has 2 heterocycles. The van der Waals surface area contributed by atoms with Gasteiger partial charge in [-0.05, 0) is 84.9 Å². The number of aromatic nitrogens is 2. The molecule has 2 aromatic heterocycles. The molecule has 7 aromatic carbocycles. The van der Waals surface area contributed by atoms with E-state index in [0.29, 0.717) is 15.9 Å². The van der Waals surface area contributed by atoms with Gasteiger partial charge in [0.05, 0.1) is 27.6 Å². The molecule has 0 aliphatic carbocycles. The Kier molecular flexibility index (Phi) is 6.87. The highest BCUT2D eigenvalue weighted by molar-refractivity contribution is 7.85. The summed E-state index contributed by atoms with van der Waals surface area (Å²) in [4.78, 5) is 0. The van der Waals surface area contributed by atoms with Gasteiger partial charge in [-0.15, -0.1) is 0 Å². The number of halogens is 3. The van der Waals surface area contributed by atoms with Crippen LogP contribution in [-0.2, 0) is 10.7 Å². The van der Waals surface area contributed by atoms with Gasteiger partial charge in [-0.1, -0.05) is 84.9 Å². The predicted molar refractivity (Wildman–Crippen MR) is 200 cm³/mol. The molecule has 7 heteroatoms. The smallest absolute Gasteiger partial charge is 0.309 e. The summed E-state index contributed by atoms with van der Waals surface area (Å²) in [5.74, 6) is 0. The Morgan fingerprint density at radius 1 is 0.400 bits per heavy atom. The fourth-order valence-electron chi connectivity index (χ4n) is 7.33. The fraction of sp³-hybridized carbons (Fsp3) is 0.0233. The third-order valence-corrected chi connectivity index (χ3v) is 12.7. The van der Waals surface area contributed by atoms with Gasteiger partial charge in [0.1, 0.15) is 0 Å². The number of para-hydroxylation sites is 4. The molecule has 3 nitrogen and oxygen atoms in total. The molecule has 0 saturated heterocycles. The van der Waals surface area contributed by atoms with Gasteiger partial charge in [-0.2, -0.15) is 13.2 Å². The predicted octanol–water partition coefficient (Wildman–Crippen LogP) is 10.5. The summed E-state index contributed by atoms with van der Waals surface area (Å²) in [6, 6.07) is 52.7. The maximum atomic E-state index is 16.0. The van der Waals surface area contributed by atoms with E-state index in [1.54, 1.807) is 0 Å². The minimum Gasteiger partial charge on any atom is -0.309 e. The van der Waals surface area contributed by atoms with Crippen molar-refractivity contribution in [3.8, 4) is 11.4 Å². The van der Waals surface area contributed by atoms with Crippen molar-refractivity contribution in [3.05, 3.63) is 175 Å². The van der Waals surface area contributed by atoms with E-state index in [-0.39, 0.29) is 0 Å². The molecule has 0 saturated carbocycles. The van der Waals surface area contributed by atoms with Crippen LogP contribution >= 0.6 is 7.14 Å². The van der Waals surface area contributed by atoms with Crippen LogP contribution in [0.4, 0.5) is 13.2 Å². The normalized spacial score (nSPS) is 12.4. The van der Waals surface area contributed by atoms with Crippen molar-refractivity contribution in [2.45, 2.75) is 6.18 Å². The minimum absolute atomic E-state index is 0.336. The molecular formula is C43H28F3N2OP. The summed E-state index contributed by atoms with van der Waals surface area (Å²) in [6.07, 6.45) is -4.52. The third-order valence-electron chi connectivity index (χ3n) is 9.63. The molecule has 0 bridgehead atoms. The van der Waals surface area contributed by atoms with E-state index >= 15 is 4.57 Å². The molecule has 242 valence electrons. The van der Waals surface area contributed by atoms with Crippen LogP contribution in [0.3, 0.4) is 0 Å². The maximum absolute atomic E-state index is 16.0. The number of rotatable bonds is 5. The second kappa shape index (κ2) is 11.4. The van der Waals surface area contributed by atoms with Gasteiger partial charge in [-0.25, -0.2) is 0 Å². The lowest BCUT2D eigenvalue weighted by molar-refractivity contribution is -0.137. The first-order valence-electron chi connectivity index (χ1n) is 16.3. The standard InChI is InChI=1S/C43H28F3N2OP/c44-43(45,46)29-19-21-32(22-20-29)50(49,33-23-25-41-37(27-33)35-15-7-9-17-39(35)47(41)30-11-3-1-4-12-30)34-24-26-42-38(28-34)36-16-8-10-18-40(36)48(42)31-13-5-2-6-14-31/h1-28H. The molecule has 0 atom stereocenters. The zero-order valence-corrected chi connectivity index (χ0v) is 27.4. The Hall–Kier alpha value is -5.84. The Morgan fingerprint density at radius 3 is 1.22 bits per heavy atom. The first-order chi connectivity index (χ1) is 24.3. The van der Waals surface area contributed by atoms with Crippen molar-refractivity contribution in [1.82, 2.24) is 9.13 Å². The molecule has 0 aliphatic rings. The largest absolute Gasteiger partial charge is 0.416 e. The molecule has 0 N–H and O–H groups in total. The van der Waals surface area contributed by atoms with Crippen molar-refractivity contribution in [1.29, 1.82) is 0 Å². The SMILES string of the molecule is O=P(c1ccc(C(F)(F)F)cc1)(c1ccc2c(c1)c1ccccc1n2-c1ccccc1)c1ccc2c(c1)c1ccccc1n2-c1ccccc1. The quantitative estimate of drug-likeness (QED) is 0.167. The van der Waals surface area contributed by atoms with Crippen LogP contribution in [-0.4, -0.2) is 9.13 Å². The average Bonchev–Trinajstić information content (AvgIpc) is 3.67. The second-order valence-electron chi connectivity index (χ2n) is 12.4. The van der Waals surface area contributed by atoms with Gasteiger partial charge in [0.25, 0.3) is 0 Å². The van der Waals surface area contributed by atoms with Gasteiger partial charge in [0.2, 0.25) is 0 Å². The van der Waals surface area contributed by atoms with E-state index in [0.717, 1.165) is 67.1 Å². The lowest BCUT2D eigenvalue weighted by atomic mass is 10.1. The molecule has 9 aromatic rings. The number of fused-ring (bicyclic) bond motifs is 6. The number of hydrogen-bond donors (Lipinski definition) is 0. The Morgan fingerprint density at radius 2 is 0.780 bits per heavy atom. The second-order valence-corrected chi connectivity index (χ2v) is 15.2. The van der Waals surface area contributed by atoms with E-state index in [1.165, 1.54) is 12.1 Å². The highest BCUT2D eigenvalue weighted by Crippen LogP contribution is 2.46. The average molecular weight is 677 g/mol. The lowest BCUT2D eigenvalue weighted by Gasteiger charge is -2.21. The summed E-state index contributed by atoms with van der Waals surface area (Å²) in [5.41, 5.74) is 5.12. The molecule has 0 amide bonds. The highest BCUT2D eigenvalue weighted by Gasteiger charge is 2.34. The monoisotopic (exact) mass is 676 g/mol. The number of alkyl halides is 3. The van der Waals surface area contributed by atoms with Gasteiger partial charge in [-0.3, -0.25) is 0 Å². The lowest BCUT2D eigenvalue weighted by Crippen LogP contribution is -2.25. The topological polar surface area (TPSA) is 26.9 Å². The molecular weight excluding hydrogens is 648 g/mol. The van der Waals surface area contributed by atoms with Gasteiger partial charge in [0, 0.05) is 48.8 Å². The van der Waals surface area contributed by atoms with Crippen molar-refractivity contribution in [3.63, 3.8) is 0 Å². The first kappa shape index (κ1) is 30.2. The van der Waals surface area contributed by atoms with E-state index in [9.17, 15) is 13.2 Å². The van der Waals surface area contributed by atoms with Crippen LogP contribution in [0.15, 0.2) is 170 Å². The number of hydrogen-bond acceptors (Lipinski definition) is 1. The van der Waals surface area contributed by atoms with E-state index in [2.05, 4.69) is 33.4 Å². The summed E-state index contributed by atoms with van der Waals surface area (Å²) in [5, 5.41) is 5.25. The Labute approximate surface area is 285 Å². The zero-order chi connectivity index (χ0) is 34.0.